The zero-order valence-electron chi connectivity index (χ0n) is 18.8. The molecule has 3 heterocycles. The summed E-state index contributed by atoms with van der Waals surface area (Å²) < 4.78 is 1.42. The Morgan fingerprint density at radius 2 is 1.75 bits per heavy atom. The number of aliphatic hydroxyl groups excluding tert-OH is 1. The number of amides is 3. The SMILES string of the molecule is Cn1cc(CN2C(=O)N(CC(O)CN3CCc4ccccc4C3)C(C)(C)C2=O)ccc1=O. The van der Waals surface area contributed by atoms with E-state index >= 15 is 0 Å². The minimum absolute atomic E-state index is 0.0828. The van der Waals surface area contributed by atoms with Crippen LogP contribution in [0.3, 0.4) is 0 Å². The van der Waals surface area contributed by atoms with Gasteiger partial charge in [-0.2, -0.15) is 0 Å². The molecule has 1 aromatic carbocycles. The topological polar surface area (TPSA) is 86.1 Å². The molecule has 1 saturated heterocycles. The lowest BCUT2D eigenvalue weighted by molar-refractivity contribution is -0.132. The van der Waals surface area contributed by atoms with E-state index in [0.717, 1.165) is 19.5 Å². The predicted octanol–water partition coefficient (Wildman–Crippen LogP) is 1.35. The van der Waals surface area contributed by atoms with Crippen LogP contribution in [-0.4, -0.2) is 67.6 Å². The van der Waals surface area contributed by atoms with E-state index in [1.165, 1.54) is 31.6 Å². The number of pyridine rings is 1. The first-order valence-corrected chi connectivity index (χ1v) is 10.9. The van der Waals surface area contributed by atoms with Crippen LogP contribution in [-0.2, 0) is 31.4 Å². The largest absolute Gasteiger partial charge is 0.390 e. The molecule has 0 saturated carbocycles. The van der Waals surface area contributed by atoms with Crippen LogP contribution < -0.4 is 5.56 Å². The highest BCUT2D eigenvalue weighted by Gasteiger charge is 2.51. The van der Waals surface area contributed by atoms with Crippen LogP contribution in [0.4, 0.5) is 4.79 Å². The summed E-state index contributed by atoms with van der Waals surface area (Å²) in [6, 6.07) is 10.9. The molecule has 0 radical (unpaired) electrons. The van der Waals surface area contributed by atoms with E-state index in [0.29, 0.717) is 12.1 Å². The van der Waals surface area contributed by atoms with Gasteiger partial charge in [-0.15, -0.1) is 0 Å². The normalized spacial score (nSPS) is 19.4. The monoisotopic (exact) mass is 438 g/mol. The van der Waals surface area contributed by atoms with Gasteiger partial charge in [0.2, 0.25) is 5.56 Å². The molecule has 1 fully saturated rings. The van der Waals surface area contributed by atoms with E-state index in [1.54, 1.807) is 33.2 Å². The molecule has 2 aliphatic heterocycles. The first-order valence-electron chi connectivity index (χ1n) is 10.9. The summed E-state index contributed by atoms with van der Waals surface area (Å²) in [6.45, 7) is 5.63. The molecule has 8 nitrogen and oxygen atoms in total. The van der Waals surface area contributed by atoms with Crippen molar-refractivity contribution in [3.05, 3.63) is 69.6 Å². The van der Waals surface area contributed by atoms with Gasteiger partial charge in [0.25, 0.3) is 5.91 Å². The highest BCUT2D eigenvalue weighted by atomic mass is 16.3. The number of fused-ring (bicyclic) bond motifs is 1. The minimum atomic E-state index is -1.05. The fourth-order valence-corrected chi connectivity index (χ4v) is 4.57. The average molecular weight is 439 g/mol. The molecule has 0 spiro atoms. The number of aliphatic hydroxyl groups is 1. The number of carbonyl (C=O) groups excluding carboxylic acids is 2. The number of hydrogen-bond acceptors (Lipinski definition) is 5. The zero-order chi connectivity index (χ0) is 23.0. The zero-order valence-corrected chi connectivity index (χ0v) is 18.8. The van der Waals surface area contributed by atoms with Gasteiger partial charge in [0.1, 0.15) is 5.54 Å². The number of rotatable bonds is 6. The van der Waals surface area contributed by atoms with Crippen molar-refractivity contribution < 1.29 is 14.7 Å². The van der Waals surface area contributed by atoms with Crippen molar-refractivity contribution in [3.63, 3.8) is 0 Å². The summed E-state index contributed by atoms with van der Waals surface area (Å²) in [5, 5.41) is 10.8. The molecule has 2 aromatic rings. The molecule has 32 heavy (non-hydrogen) atoms. The molecular formula is C24H30N4O4. The molecule has 8 heteroatoms. The Balaban J connectivity index is 1.42. The smallest absolute Gasteiger partial charge is 0.328 e. The molecule has 4 rings (SSSR count). The van der Waals surface area contributed by atoms with E-state index in [9.17, 15) is 19.5 Å². The van der Waals surface area contributed by atoms with Gasteiger partial charge in [0.15, 0.2) is 0 Å². The maximum Gasteiger partial charge on any atom is 0.328 e. The van der Waals surface area contributed by atoms with Crippen molar-refractivity contribution in [1.29, 1.82) is 0 Å². The molecule has 1 atom stereocenters. The third-order valence-corrected chi connectivity index (χ3v) is 6.46. The lowest BCUT2D eigenvalue weighted by Gasteiger charge is -2.33. The number of urea groups is 1. The molecule has 170 valence electrons. The van der Waals surface area contributed by atoms with Crippen LogP contribution in [0.2, 0.25) is 0 Å². The third-order valence-electron chi connectivity index (χ3n) is 6.46. The number of aryl methyl sites for hydroxylation is 1. The standard InChI is InChI=1S/C24H30N4O4/c1-24(2)22(31)27(13-17-8-9-21(30)25(3)12-17)23(32)28(24)16-20(29)15-26-11-10-18-6-4-5-7-19(18)14-26/h4-9,12,20,29H,10-11,13-16H2,1-3H3. The van der Waals surface area contributed by atoms with Gasteiger partial charge in [-0.25, -0.2) is 4.79 Å². The van der Waals surface area contributed by atoms with Gasteiger partial charge in [0.05, 0.1) is 19.2 Å². The summed E-state index contributed by atoms with van der Waals surface area (Å²) in [5.74, 6) is -0.310. The molecule has 0 aliphatic carbocycles. The van der Waals surface area contributed by atoms with Crippen molar-refractivity contribution in [3.8, 4) is 0 Å². The Labute approximate surface area is 187 Å². The molecule has 2 aliphatic rings. The number of aromatic nitrogens is 1. The lowest BCUT2D eigenvalue weighted by Crippen LogP contribution is -2.50. The van der Waals surface area contributed by atoms with Crippen molar-refractivity contribution in [2.45, 2.75) is 45.0 Å². The fourth-order valence-electron chi connectivity index (χ4n) is 4.57. The van der Waals surface area contributed by atoms with Crippen molar-refractivity contribution in [1.82, 2.24) is 19.3 Å². The highest BCUT2D eigenvalue weighted by molar-refractivity contribution is 6.06. The van der Waals surface area contributed by atoms with Gasteiger partial charge in [0, 0.05) is 38.9 Å². The van der Waals surface area contributed by atoms with Crippen LogP contribution in [0.15, 0.2) is 47.4 Å². The summed E-state index contributed by atoms with van der Waals surface area (Å²) in [7, 11) is 1.63. The first kappa shape index (κ1) is 22.2. The van der Waals surface area contributed by atoms with Gasteiger partial charge in [-0.05, 0) is 37.0 Å². The first-order chi connectivity index (χ1) is 15.2. The molecule has 1 aromatic heterocycles. The van der Waals surface area contributed by atoms with Crippen LogP contribution in [0.25, 0.3) is 0 Å². The van der Waals surface area contributed by atoms with Crippen molar-refractivity contribution in [2.75, 3.05) is 19.6 Å². The van der Waals surface area contributed by atoms with E-state index in [1.807, 2.05) is 12.1 Å². The van der Waals surface area contributed by atoms with Crippen LogP contribution in [0.1, 0.15) is 30.5 Å². The number of nitrogens with zero attached hydrogens (tertiary/aromatic N) is 4. The molecule has 1 N–H and O–H groups in total. The number of imide groups is 1. The van der Waals surface area contributed by atoms with E-state index < -0.39 is 17.7 Å². The second-order valence-electron chi connectivity index (χ2n) is 9.24. The average Bonchev–Trinajstić information content (AvgIpc) is 2.91. The Kier molecular flexibility index (Phi) is 5.92. The molecular weight excluding hydrogens is 408 g/mol. The van der Waals surface area contributed by atoms with E-state index in [-0.39, 0.29) is 24.6 Å². The van der Waals surface area contributed by atoms with Gasteiger partial charge in [-0.1, -0.05) is 30.3 Å². The molecule has 1 unspecified atom stereocenters. The van der Waals surface area contributed by atoms with Crippen LogP contribution in [0, 0.1) is 0 Å². The second kappa shape index (κ2) is 8.52. The van der Waals surface area contributed by atoms with Crippen LogP contribution >= 0.6 is 0 Å². The third kappa shape index (κ3) is 4.20. The van der Waals surface area contributed by atoms with Gasteiger partial charge < -0.3 is 14.6 Å². The number of β-amino-alcohol motifs (C(OH)–C–C–N with tert-alkyl or cyclic N) is 1. The number of hydrogen-bond donors (Lipinski definition) is 1. The van der Waals surface area contributed by atoms with Crippen LogP contribution in [0.5, 0.6) is 0 Å². The maximum absolute atomic E-state index is 13.1. The molecule has 3 amide bonds. The summed E-state index contributed by atoms with van der Waals surface area (Å²) in [4.78, 5) is 42.6. The van der Waals surface area contributed by atoms with Gasteiger partial charge in [-0.3, -0.25) is 19.4 Å². The maximum atomic E-state index is 13.1. The highest BCUT2D eigenvalue weighted by Crippen LogP contribution is 2.29. The minimum Gasteiger partial charge on any atom is -0.390 e. The van der Waals surface area contributed by atoms with Crippen molar-refractivity contribution >= 4 is 11.9 Å². The Bertz CT molecular complexity index is 1090. The number of benzene rings is 1. The fraction of sp³-hybridized carbons (Fsp3) is 0.458. The quantitative estimate of drug-likeness (QED) is 0.688. The molecule has 0 bridgehead atoms. The Morgan fingerprint density at radius 1 is 1.03 bits per heavy atom. The van der Waals surface area contributed by atoms with E-state index in [4.69, 9.17) is 0 Å². The lowest BCUT2D eigenvalue weighted by atomic mass is 9.99. The van der Waals surface area contributed by atoms with Gasteiger partial charge >= 0.3 is 6.03 Å². The van der Waals surface area contributed by atoms with Crippen molar-refractivity contribution in [2.24, 2.45) is 7.05 Å². The van der Waals surface area contributed by atoms with E-state index in [2.05, 4.69) is 17.0 Å². The summed E-state index contributed by atoms with van der Waals surface area (Å²) >= 11 is 0. The second-order valence-corrected chi connectivity index (χ2v) is 9.24. The Hall–Kier alpha value is -2.97. The predicted molar refractivity (Wildman–Crippen MR) is 120 cm³/mol. The summed E-state index contributed by atoms with van der Waals surface area (Å²) in [5.41, 5.74) is 2.10. The number of carbonyl (C=O) groups is 2. The Morgan fingerprint density at radius 3 is 2.47 bits per heavy atom. The summed E-state index contributed by atoms with van der Waals surface area (Å²) in [6.07, 6.45) is 1.79.